The van der Waals surface area contributed by atoms with Crippen LogP contribution in [0.4, 0.5) is 10.5 Å². The molecule has 100 valence electrons. The van der Waals surface area contributed by atoms with Gasteiger partial charge in [-0.05, 0) is 60.1 Å². The van der Waals surface area contributed by atoms with Gasteiger partial charge in [0.25, 0.3) is 0 Å². The summed E-state index contributed by atoms with van der Waals surface area (Å²) in [5.41, 5.74) is 2.22. The Morgan fingerprint density at radius 2 is 2.32 bits per heavy atom. The standard InChI is InChI=1S/C12H12IN3O2S/c1-7-10(11(13)19-16-7)15-12(17)18-8(2)9-5-3-4-6-14-9/h3-6,8H,1-2H3,(H,15,17)/t8-/m1/s1. The fourth-order valence-corrected chi connectivity index (χ4v) is 2.87. The fraction of sp³-hybridized carbons (Fsp3) is 0.250. The molecule has 2 aromatic heterocycles. The van der Waals surface area contributed by atoms with Crippen LogP contribution in [0.15, 0.2) is 24.4 Å². The number of aryl methyl sites for hydroxylation is 1. The minimum absolute atomic E-state index is 0.397. The molecule has 2 rings (SSSR count). The van der Waals surface area contributed by atoms with Crippen molar-refractivity contribution in [3.05, 3.63) is 38.7 Å². The summed E-state index contributed by atoms with van der Waals surface area (Å²) in [4.78, 5) is 16.0. The highest BCUT2D eigenvalue weighted by Gasteiger charge is 2.16. The van der Waals surface area contributed by atoms with Crippen LogP contribution in [0.5, 0.6) is 0 Å². The second-order valence-electron chi connectivity index (χ2n) is 3.84. The summed E-state index contributed by atoms with van der Waals surface area (Å²) < 4.78 is 10.4. The second kappa shape index (κ2) is 6.29. The molecule has 19 heavy (non-hydrogen) atoms. The molecular weight excluding hydrogens is 377 g/mol. The molecule has 0 aliphatic rings. The maximum absolute atomic E-state index is 11.8. The predicted octanol–water partition coefficient (Wildman–Crippen LogP) is 3.76. The quantitative estimate of drug-likeness (QED) is 0.812. The largest absolute Gasteiger partial charge is 0.440 e. The van der Waals surface area contributed by atoms with E-state index in [2.05, 4.69) is 37.3 Å². The van der Waals surface area contributed by atoms with Gasteiger partial charge in [-0.2, -0.15) is 4.37 Å². The zero-order valence-electron chi connectivity index (χ0n) is 10.4. The Kier molecular flexibility index (Phi) is 4.70. The van der Waals surface area contributed by atoms with E-state index in [0.29, 0.717) is 11.4 Å². The van der Waals surface area contributed by atoms with Crippen LogP contribution in [0.3, 0.4) is 0 Å². The molecule has 5 nitrogen and oxygen atoms in total. The molecule has 0 aromatic carbocycles. The SMILES string of the molecule is Cc1nsc(I)c1NC(=O)O[C@H](C)c1ccccn1. The van der Waals surface area contributed by atoms with Gasteiger partial charge in [0.1, 0.15) is 8.99 Å². The first-order valence-electron chi connectivity index (χ1n) is 5.58. The van der Waals surface area contributed by atoms with Crippen molar-refractivity contribution >= 4 is 45.9 Å². The molecule has 1 atom stereocenters. The molecule has 1 N–H and O–H groups in total. The summed E-state index contributed by atoms with van der Waals surface area (Å²) in [5, 5.41) is 2.71. The molecule has 0 aliphatic carbocycles. The Labute approximate surface area is 128 Å². The Balaban J connectivity index is 1.99. The van der Waals surface area contributed by atoms with Gasteiger partial charge < -0.3 is 4.74 Å². The van der Waals surface area contributed by atoms with Crippen LogP contribution >= 0.6 is 34.1 Å². The first kappa shape index (κ1) is 14.2. The number of carbonyl (C=O) groups is 1. The third-order valence-corrected chi connectivity index (χ3v) is 4.30. The minimum atomic E-state index is -0.501. The van der Waals surface area contributed by atoms with Gasteiger partial charge in [-0.3, -0.25) is 10.3 Å². The van der Waals surface area contributed by atoms with E-state index in [-0.39, 0.29) is 0 Å². The highest BCUT2D eigenvalue weighted by Crippen LogP contribution is 2.26. The summed E-state index contributed by atoms with van der Waals surface area (Å²) in [7, 11) is 0. The number of anilines is 1. The predicted molar refractivity (Wildman–Crippen MR) is 82.3 cm³/mol. The highest BCUT2D eigenvalue weighted by atomic mass is 127. The van der Waals surface area contributed by atoms with E-state index in [4.69, 9.17) is 4.74 Å². The monoisotopic (exact) mass is 389 g/mol. The Bertz CT molecular complexity index is 554. The van der Waals surface area contributed by atoms with E-state index in [1.165, 1.54) is 11.5 Å². The van der Waals surface area contributed by atoms with Crippen molar-refractivity contribution in [1.29, 1.82) is 0 Å². The topological polar surface area (TPSA) is 64.1 Å². The van der Waals surface area contributed by atoms with Crippen molar-refractivity contribution in [3.8, 4) is 0 Å². The molecule has 0 unspecified atom stereocenters. The molecule has 0 saturated heterocycles. The number of halogens is 1. The number of rotatable bonds is 3. The Morgan fingerprint density at radius 1 is 1.53 bits per heavy atom. The molecule has 0 radical (unpaired) electrons. The lowest BCUT2D eigenvalue weighted by molar-refractivity contribution is 0.119. The lowest BCUT2D eigenvalue weighted by Gasteiger charge is -2.13. The number of nitrogens with one attached hydrogen (secondary N) is 1. The number of hydrogen-bond donors (Lipinski definition) is 1. The van der Waals surface area contributed by atoms with E-state index >= 15 is 0 Å². The van der Waals surface area contributed by atoms with Crippen LogP contribution in [0.2, 0.25) is 0 Å². The summed E-state index contributed by atoms with van der Waals surface area (Å²) in [5.74, 6) is 0. The lowest BCUT2D eigenvalue weighted by atomic mass is 10.2. The maximum atomic E-state index is 11.8. The lowest BCUT2D eigenvalue weighted by Crippen LogP contribution is -2.17. The summed E-state index contributed by atoms with van der Waals surface area (Å²) in [6, 6.07) is 5.49. The Hall–Kier alpha value is -1.22. The molecule has 7 heteroatoms. The first-order valence-corrected chi connectivity index (χ1v) is 7.43. The van der Waals surface area contributed by atoms with Gasteiger partial charge in [0.2, 0.25) is 0 Å². The molecule has 0 bridgehead atoms. The molecule has 0 spiro atoms. The molecule has 0 saturated carbocycles. The number of pyridine rings is 1. The number of nitrogens with zero attached hydrogens (tertiary/aromatic N) is 2. The third kappa shape index (κ3) is 3.63. The van der Waals surface area contributed by atoms with Crippen LogP contribution in [-0.2, 0) is 4.74 Å². The van der Waals surface area contributed by atoms with Gasteiger partial charge in [0, 0.05) is 6.20 Å². The first-order chi connectivity index (χ1) is 9.08. The van der Waals surface area contributed by atoms with Crippen molar-refractivity contribution in [2.75, 3.05) is 5.32 Å². The van der Waals surface area contributed by atoms with Gasteiger partial charge >= 0.3 is 6.09 Å². The van der Waals surface area contributed by atoms with E-state index in [9.17, 15) is 4.79 Å². The average Bonchev–Trinajstić information content (AvgIpc) is 2.71. The second-order valence-corrected chi connectivity index (χ2v) is 6.43. The summed E-state index contributed by atoms with van der Waals surface area (Å²) >= 11 is 3.48. The zero-order valence-corrected chi connectivity index (χ0v) is 13.4. The minimum Gasteiger partial charge on any atom is -0.440 e. The van der Waals surface area contributed by atoms with Crippen LogP contribution in [-0.4, -0.2) is 15.5 Å². The number of ether oxygens (including phenoxy) is 1. The average molecular weight is 389 g/mol. The van der Waals surface area contributed by atoms with Crippen molar-refractivity contribution in [2.24, 2.45) is 0 Å². The molecule has 2 heterocycles. The molecule has 0 aliphatic heterocycles. The van der Waals surface area contributed by atoms with Crippen LogP contribution in [0, 0.1) is 9.81 Å². The number of carbonyl (C=O) groups excluding carboxylic acids is 1. The molecule has 0 fully saturated rings. The van der Waals surface area contributed by atoms with Gasteiger partial charge in [-0.15, -0.1) is 0 Å². The van der Waals surface area contributed by atoms with Crippen LogP contribution in [0.25, 0.3) is 0 Å². The van der Waals surface area contributed by atoms with Crippen LogP contribution in [0.1, 0.15) is 24.4 Å². The molecule has 1 amide bonds. The van der Waals surface area contributed by atoms with E-state index in [1.807, 2.05) is 25.1 Å². The normalized spacial score (nSPS) is 11.9. The van der Waals surface area contributed by atoms with E-state index in [1.54, 1.807) is 13.1 Å². The smallest absolute Gasteiger partial charge is 0.412 e. The van der Waals surface area contributed by atoms with Crippen molar-refractivity contribution in [2.45, 2.75) is 20.0 Å². The third-order valence-electron chi connectivity index (χ3n) is 2.44. The Morgan fingerprint density at radius 3 is 2.89 bits per heavy atom. The molecule has 2 aromatic rings. The molecular formula is C12H12IN3O2S. The van der Waals surface area contributed by atoms with Gasteiger partial charge in [-0.1, -0.05) is 6.07 Å². The maximum Gasteiger partial charge on any atom is 0.412 e. The fourth-order valence-electron chi connectivity index (χ4n) is 1.45. The van der Waals surface area contributed by atoms with Crippen molar-refractivity contribution < 1.29 is 9.53 Å². The van der Waals surface area contributed by atoms with E-state index < -0.39 is 12.2 Å². The summed E-state index contributed by atoms with van der Waals surface area (Å²) in [6.07, 6.45) is 0.772. The number of amides is 1. The van der Waals surface area contributed by atoms with Crippen molar-refractivity contribution in [3.63, 3.8) is 0 Å². The van der Waals surface area contributed by atoms with Gasteiger partial charge in [-0.25, -0.2) is 4.79 Å². The van der Waals surface area contributed by atoms with Crippen molar-refractivity contribution in [1.82, 2.24) is 9.36 Å². The summed E-state index contributed by atoms with van der Waals surface area (Å²) in [6.45, 7) is 3.63. The number of aromatic nitrogens is 2. The number of hydrogen-bond acceptors (Lipinski definition) is 5. The highest BCUT2D eigenvalue weighted by molar-refractivity contribution is 14.1. The zero-order chi connectivity index (χ0) is 13.8. The van der Waals surface area contributed by atoms with Gasteiger partial charge in [0.05, 0.1) is 17.1 Å². The van der Waals surface area contributed by atoms with Crippen LogP contribution < -0.4 is 5.32 Å². The van der Waals surface area contributed by atoms with Gasteiger partial charge in [0.15, 0.2) is 0 Å². The van der Waals surface area contributed by atoms with E-state index in [0.717, 1.165) is 8.58 Å².